The van der Waals surface area contributed by atoms with E-state index in [-0.39, 0.29) is 5.91 Å². The molecule has 0 bridgehead atoms. The summed E-state index contributed by atoms with van der Waals surface area (Å²) in [5, 5.41) is 6.45. The molecule has 1 rings (SSSR count). The van der Waals surface area contributed by atoms with Crippen LogP contribution >= 0.6 is 11.5 Å². The fourth-order valence-electron chi connectivity index (χ4n) is 1.63. The minimum Gasteiger partial charge on any atom is -0.462 e. The molecule has 118 valence electrons. The highest BCUT2D eigenvalue weighted by atomic mass is 32.1. The highest BCUT2D eigenvalue weighted by molar-refractivity contribution is 7.10. The van der Waals surface area contributed by atoms with Crippen LogP contribution in [0.4, 0.5) is 5.00 Å². The lowest BCUT2D eigenvalue weighted by Gasteiger charge is -2.15. The fraction of sp³-hybridized carbons (Fsp3) is 0.643. The number of carbonyl (C=O) groups is 2. The predicted molar refractivity (Wildman–Crippen MR) is 83.7 cm³/mol. The number of aryl methyl sites for hydroxylation is 1. The molecule has 0 aliphatic heterocycles. The van der Waals surface area contributed by atoms with Crippen LogP contribution in [-0.2, 0) is 9.53 Å². The fourth-order valence-corrected chi connectivity index (χ4v) is 2.50. The first-order valence-electron chi connectivity index (χ1n) is 7.04. The summed E-state index contributed by atoms with van der Waals surface area (Å²) in [6.45, 7) is 10.2. The maximum atomic E-state index is 12.0. The summed E-state index contributed by atoms with van der Waals surface area (Å²) >= 11 is 1.16. The molecular formula is C14H23N3O3S. The summed E-state index contributed by atoms with van der Waals surface area (Å²) in [5.41, 5.74) is 1.01. The van der Waals surface area contributed by atoms with Gasteiger partial charge in [-0.2, -0.15) is 4.37 Å². The maximum absolute atomic E-state index is 12.0. The first-order chi connectivity index (χ1) is 9.86. The Morgan fingerprint density at radius 2 is 2.00 bits per heavy atom. The van der Waals surface area contributed by atoms with Crippen LogP contribution in [0.2, 0.25) is 0 Å². The molecule has 1 aromatic heterocycles. The average Bonchev–Trinajstić information content (AvgIpc) is 2.77. The lowest BCUT2D eigenvalue weighted by molar-refractivity contribution is -0.121. The topological polar surface area (TPSA) is 80.3 Å². The molecule has 7 heteroatoms. The minimum absolute atomic E-state index is 0.107. The zero-order valence-corrected chi connectivity index (χ0v) is 14.0. The number of carbonyl (C=O) groups excluding carboxylic acids is 2. The molecule has 0 radical (unpaired) electrons. The Labute approximate surface area is 129 Å². The summed E-state index contributed by atoms with van der Waals surface area (Å²) in [4.78, 5) is 23.9. The van der Waals surface area contributed by atoms with Gasteiger partial charge in [0.15, 0.2) is 0 Å². The van der Waals surface area contributed by atoms with Crippen LogP contribution in [-0.4, -0.2) is 35.4 Å². The van der Waals surface area contributed by atoms with Crippen molar-refractivity contribution in [3.8, 4) is 0 Å². The molecule has 1 atom stereocenters. The summed E-state index contributed by atoms with van der Waals surface area (Å²) in [6.07, 6.45) is 0. The minimum atomic E-state index is -0.447. The normalized spacial score (nSPS) is 12.1. The van der Waals surface area contributed by atoms with Crippen LogP contribution in [0.1, 0.15) is 43.7 Å². The van der Waals surface area contributed by atoms with Gasteiger partial charge in [0.2, 0.25) is 5.91 Å². The van der Waals surface area contributed by atoms with Crippen LogP contribution in [0.25, 0.3) is 0 Å². The number of nitrogens with zero attached hydrogens (tertiary/aromatic N) is 1. The second-order valence-electron chi connectivity index (χ2n) is 5.20. The van der Waals surface area contributed by atoms with E-state index in [4.69, 9.17) is 4.74 Å². The molecule has 1 unspecified atom stereocenters. The summed E-state index contributed by atoms with van der Waals surface area (Å²) in [7, 11) is 0. The Kier molecular flexibility index (Phi) is 6.61. The van der Waals surface area contributed by atoms with Crippen LogP contribution in [0.5, 0.6) is 0 Å². The van der Waals surface area contributed by atoms with Crippen molar-refractivity contribution in [3.05, 3.63) is 11.3 Å². The number of esters is 1. The molecule has 0 spiro atoms. The van der Waals surface area contributed by atoms with E-state index in [1.165, 1.54) is 0 Å². The van der Waals surface area contributed by atoms with Gasteiger partial charge in [-0.1, -0.05) is 13.8 Å². The highest BCUT2D eigenvalue weighted by Gasteiger charge is 2.22. The number of anilines is 1. The van der Waals surface area contributed by atoms with E-state index in [1.807, 2.05) is 13.8 Å². The van der Waals surface area contributed by atoms with Gasteiger partial charge in [-0.15, -0.1) is 0 Å². The Balaban J connectivity index is 2.74. The molecule has 6 nitrogen and oxygen atoms in total. The van der Waals surface area contributed by atoms with Crippen molar-refractivity contribution in [2.24, 2.45) is 5.92 Å². The first kappa shape index (κ1) is 17.4. The quantitative estimate of drug-likeness (QED) is 0.754. The highest BCUT2D eigenvalue weighted by Crippen LogP contribution is 2.26. The second-order valence-corrected chi connectivity index (χ2v) is 5.97. The van der Waals surface area contributed by atoms with E-state index in [0.29, 0.717) is 35.3 Å². The molecule has 0 aliphatic rings. The van der Waals surface area contributed by atoms with E-state index in [2.05, 4.69) is 15.0 Å². The van der Waals surface area contributed by atoms with Crippen LogP contribution in [0.15, 0.2) is 0 Å². The van der Waals surface area contributed by atoms with Crippen molar-refractivity contribution >= 4 is 28.4 Å². The smallest absolute Gasteiger partial charge is 0.343 e. The molecular weight excluding hydrogens is 290 g/mol. The number of nitrogens with one attached hydrogen (secondary N) is 2. The van der Waals surface area contributed by atoms with Gasteiger partial charge in [0.25, 0.3) is 0 Å². The Hall–Kier alpha value is -1.63. The largest absolute Gasteiger partial charge is 0.462 e. The van der Waals surface area contributed by atoms with Crippen molar-refractivity contribution in [2.45, 2.75) is 40.7 Å². The zero-order chi connectivity index (χ0) is 16.0. The lowest BCUT2D eigenvalue weighted by atomic mass is 10.2. The Morgan fingerprint density at radius 1 is 1.33 bits per heavy atom. The Morgan fingerprint density at radius 3 is 2.57 bits per heavy atom. The van der Waals surface area contributed by atoms with Gasteiger partial charge < -0.3 is 15.4 Å². The van der Waals surface area contributed by atoms with Crippen LogP contribution in [0, 0.1) is 12.8 Å². The monoisotopic (exact) mass is 313 g/mol. The number of ether oxygens (including phenoxy) is 1. The molecule has 0 saturated heterocycles. The van der Waals surface area contributed by atoms with Crippen molar-refractivity contribution in [1.29, 1.82) is 0 Å². The predicted octanol–water partition coefficient (Wildman–Crippen LogP) is 2.20. The van der Waals surface area contributed by atoms with Gasteiger partial charge in [0.05, 0.1) is 12.3 Å². The van der Waals surface area contributed by atoms with Gasteiger partial charge in [-0.05, 0) is 38.2 Å². The van der Waals surface area contributed by atoms with Gasteiger partial charge in [0, 0.05) is 6.54 Å². The molecule has 1 aromatic rings. The third-order valence-corrected chi connectivity index (χ3v) is 3.64. The van der Waals surface area contributed by atoms with E-state index in [9.17, 15) is 9.59 Å². The standard InChI is InChI=1S/C14H23N3O3S/c1-6-20-14(19)11-9(4)17-21-13(11)16-10(5)12(18)15-7-8(2)3/h8,10,16H,6-7H2,1-5H3,(H,15,18). The van der Waals surface area contributed by atoms with Gasteiger partial charge in [0.1, 0.15) is 16.6 Å². The van der Waals surface area contributed by atoms with E-state index in [1.54, 1.807) is 20.8 Å². The average molecular weight is 313 g/mol. The van der Waals surface area contributed by atoms with E-state index in [0.717, 1.165) is 11.5 Å². The third kappa shape index (κ3) is 5.00. The van der Waals surface area contributed by atoms with Crippen molar-refractivity contribution < 1.29 is 14.3 Å². The summed E-state index contributed by atoms with van der Waals surface area (Å²) in [6, 6.07) is -0.447. The van der Waals surface area contributed by atoms with Gasteiger partial charge >= 0.3 is 5.97 Å². The molecule has 0 saturated carbocycles. The molecule has 21 heavy (non-hydrogen) atoms. The second kappa shape index (κ2) is 7.97. The van der Waals surface area contributed by atoms with Crippen molar-refractivity contribution in [3.63, 3.8) is 0 Å². The molecule has 0 aromatic carbocycles. The SMILES string of the molecule is CCOC(=O)c1c(C)nsc1NC(C)C(=O)NCC(C)C. The number of rotatable bonds is 7. The maximum Gasteiger partial charge on any atom is 0.343 e. The molecule has 0 aliphatic carbocycles. The zero-order valence-electron chi connectivity index (χ0n) is 13.1. The molecule has 1 amide bonds. The molecule has 2 N–H and O–H groups in total. The van der Waals surface area contributed by atoms with Gasteiger partial charge in [-0.3, -0.25) is 4.79 Å². The van der Waals surface area contributed by atoms with E-state index < -0.39 is 12.0 Å². The van der Waals surface area contributed by atoms with E-state index >= 15 is 0 Å². The Bertz CT molecular complexity index is 500. The summed E-state index contributed by atoms with van der Waals surface area (Å²) in [5.74, 6) is -0.132. The third-order valence-electron chi connectivity index (χ3n) is 2.77. The van der Waals surface area contributed by atoms with Crippen LogP contribution < -0.4 is 10.6 Å². The van der Waals surface area contributed by atoms with Crippen molar-refractivity contribution in [2.75, 3.05) is 18.5 Å². The van der Waals surface area contributed by atoms with Crippen molar-refractivity contribution in [1.82, 2.24) is 9.69 Å². The molecule has 0 fully saturated rings. The molecule has 1 heterocycles. The van der Waals surface area contributed by atoms with Gasteiger partial charge in [-0.25, -0.2) is 4.79 Å². The number of hydrogen-bond donors (Lipinski definition) is 2. The van der Waals surface area contributed by atoms with Crippen LogP contribution in [0.3, 0.4) is 0 Å². The first-order valence-corrected chi connectivity index (χ1v) is 7.81. The number of aromatic nitrogens is 1. The lowest BCUT2D eigenvalue weighted by Crippen LogP contribution is -2.39. The summed E-state index contributed by atoms with van der Waals surface area (Å²) < 4.78 is 9.17. The number of amides is 1. The number of hydrogen-bond acceptors (Lipinski definition) is 6.